The zero-order chi connectivity index (χ0) is 25.1. The molecule has 11 heteroatoms. The molecule has 0 unspecified atom stereocenters. The number of nitrogens with zero attached hydrogens (tertiary/aromatic N) is 5. The van der Waals surface area contributed by atoms with Gasteiger partial charge in [-0.1, -0.05) is 0 Å². The summed E-state index contributed by atoms with van der Waals surface area (Å²) in [5.74, 6) is 0.244. The maximum Gasteiger partial charge on any atom is 0.305 e. The Hall–Kier alpha value is -4.04. The Morgan fingerprint density at radius 2 is 1.97 bits per heavy atom. The summed E-state index contributed by atoms with van der Waals surface area (Å²) in [6, 6.07) is 8.94. The van der Waals surface area contributed by atoms with Crippen molar-refractivity contribution in [1.29, 1.82) is 5.26 Å². The fourth-order valence-electron chi connectivity index (χ4n) is 3.25. The third-order valence-electron chi connectivity index (χ3n) is 4.96. The minimum atomic E-state index is -0.596. The SMILES string of the molecule is CCOC(=O)CCCN(CC)c1cc(CO)c(N=Nc2ccc([N+](=O)[O-])cc2C#N)cc1OC. The van der Waals surface area contributed by atoms with E-state index >= 15 is 0 Å². The molecule has 11 nitrogen and oxygen atoms in total. The van der Waals surface area contributed by atoms with Crippen molar-refractivity contribution in [1.82, 2.24) is 0 Å². The van der Waals surface area contributed by atoms with E-state index in [2.05, 4.69) is 10.2 Å². The molecule has 0 saturated carbocycles. The van der Waals surface area contributed by atoms with Crippen LogP contribution in [0.5, 0.6) is 5.75 Å². The molecule has 0 aliphatic carbocycles. The van der Waals surface area contributed by atoms with Crippen LogP contribution in [-0.4, -0.2) is 42.8 Å². The smallest absolute Gasteiger partial charge is 0.305 e. The molecule has 0 saturated heterocycles. The number of rotatable bonds is 12. The average Bonchev–Trinajstić information content (AvgIpc) is 2.84. The normalized spacial score (nSPS) is 10.7. The topological polar surface area (TPSA) is 151 Å². The highest BCUT2D eigenvalue weighted by atomic mass is 16.6. The highest BCUT2D eigenvalue weighted by Gasteiger charge is 2.16. The number of non-ortho nitro benzene ring substituents is 1. The number of nitro groups is 1. The number of hydrogen-bond acceptors (Lipinski definition) is 10. The van der Waals surface area contributed by atoms with Crippen LogP contribution < -0.4 is 9.64 Å². The summed E-state index contributed by atoms with van der Waals surface area (Å²) in [6.45, 7) is 4.96. The van der Waals surface area contributed by atoms with Crippen molar-refractivity contribution in [3.05, 3.63) is 51.6 Å². The standard InChI is InChI=1S/C23H27N5O6/c1-4-27(10-6-7-23(30)34-5-2)21-12-17(15-29)20(13-22(21)33-3)26-25-19-9-8-18(28(31)32)11-16(19)14-24/h8-9,11-13,29H,4-7,10,15H2,1-3H3. The van der Waals surface area contributed by atoms with Gasteiger partial charge in [0.25, 0.3) is 5.69 Å². The molecule has 0 fully saturated rings. The molecule has 0 amide bonds. The van der Waals surface area contributed by atoms with E-state index in [1.165, 1.54) is 19.2 Å². The Kier molecular flexibility index (Phi) is 9.91. The number of esters is 1. The number of carbonyl (C=O) groups is 1. The van der Waals surface area contributed by atoms with Crippen LogP contribution in [0, 0.1) is 21.4 Å². The van der Waals surface area contributed by atoms with Crippen molar-refractivity contribution >= 4 is 28.7 Å². The van der Waals surface area contributed by atoms with Crippen molar-refractivity contribution in [3.8, 4) is 11.8 Å². The third-order valence-corrected chi connectivity index (χ3v) is 4.96. The molecular weight excluding hydrogens is 442 g/mol. The van der Waals surface area contributed by atoms with Gasteiger partial charge in [0.05, 0.1) is 42.2 Å². The lowest BCUT2D eigenvalue weighted by Gasteiger charge is -2.26. The fourth-order valence-corrected chi connectivity index (χ4v) is 3.25. The lowest BCUT2D eigenvalue weighted by Crippen LogP contribution is -2.25. The van der Waals surface area contributed by atoms with Crippen LogP contribution >= 0.6 is 0 Å². The van der Waals surface area contributed by atoms with Gasteiger partial charge in [-0.05, 0) is 32.4 Å². The number of methoxy groups -OCH3 is 1. The lowest BCUT2D eigenvalue weighted by atomic mass is 10.1. The number of nitriles is 1. The first kappa shape index (κ1) is 26.2. The summed E-state index contributed by atoms with van der Waals surface area (Å²) in [7, 11) is 1.51. The van der Waals surface area contributed by atoms with Gasteiger partial charge in [-0.25, -0.2) is 0 Å². The van der Waals surface area contributed by atoms with Gasteiger partial charge in [0.1, 0.15) is 17.5 Å². The number of aliphatic hydroxyl groups excluding tert-OH is 1. The summed E-state index contributed by atoms with van der Waals surface area (Å²) in [5, 5.41) is 38.4. The van der Waals surface area contributed by atoms with Crippen molar-refractivity contribution < 1.29 is 24.3 Å². The predicted molar refractivity (Wildman–Crippen MR) is 125 cm³/mol. The minimum absolute atomic E-state index is 0.00541. The van der Waals surface area contributed by atoms with Crippen LogP contribution in [0.15, 0.2) is 40.6 Å². The van der Waals surface area contributed by atoms with Gasteiger partial charge >= 0.3 is 5.97 Å². The quantitative estimate of drug-likeness (QED) is 0.206. The van der Waals surface area contributed by atoms with Crippen molar-refractivity contribution in [3.63, 3.8) is 0 Å². The largest absolute Gasteiger partial charge is 0.495 e. The van der Waals surface area contributed by atoms with E-state index in [0.29, 0.717) is 49.5 Å². The number of ether oxygens (including phenoxy) is 2. The molecule has 0 heterocycles. The molecule has 0 aromatic heterocycles. The Bertz CT molecular complexity index is 1100. The number of nitro benzene ring substituents is 1. The van der Waals surface area contributed by atoms with E-state index in [-0.39, 0.29) is 29.5 Å². The fraction of sp³-hybridized carbons (Fsp3) is 0.391. The highest BCUT2D eigenvalue weighted by molar-refractivity contribution is 5.70. The lowest BCUT2D eigenvalue weighted by molar-refractivity contribution is -0.384. The summed E-state index contributed by atoms with van der Waals surface area (Å²) in [5.41, 5.74) is 1.47. The van der Waals surface area contributed by atoms with Crippen LogP contribution in [0.3, 0.4) is 0 Å². The van der Waals surface area contributed by atoms with Crippen LogP contribution in [0.1, 0.15) is 37.8 Å². The van der Waals surface area contributed by atoms with Crippen molar-refractivity contribution in [2.24, 2.45) is 10.2 Å². The molecule has 0 atom stereocenters. The number of anilines is 1. The van der Waals surface area contributed by atoms with E-state index in [9.17, 15) is 25.3 Å². The molecule has 0 radical (unpaired) electrons. The van der Waals surface area contributed by atoms with E-state index in [4.69, 9.17) is 9.47 Å². The van der Waals surface area contributed by atoms with Gasteiger partial charge in [0.2, 0.25) is 0 Å². The summed E-state index contributed by atoms with van der Waals surface area (Å²) in [4.78, 5) is 24.0. The first-order chi connectivity index (χ1) is 16.4. The molecule has 0 spiro atoms. The van der Waals surface area contributed by atoms with Gasteiger partial charge in [0, 0.05) is 43.3 Å². The zero-order valence-electron chi connectivity index (χ0n) is 19.4. The highest BCUT2D eigenvalue weighted by Crippen LogP contribution is 2.37. The van der Waals surface area contributed by atoms with Gasteiger partial charge in [0.15, 0.2) is 0 Å². The number of hydrogen-bond donors (Lipinski definition) is 1. The first-order valence-corrected chi connectivity index (χ1v) is 10.7. The van der Waals surface area contributed by atoms with Crippen LogP contribution in [-0.2, 0) is 16.1 Å². The molecule has 180 valence electrons. The first-order valence-electron chi connectivity index (χ1n) is 10.7. The van der Waals surface area contributed by atoms with E-state index in [1.807, 2.05) is 17.9 Å². The molecule has 0 bridgehead atoms. The number of carbonyl (C=O) groups excluding carboxylic acids is 1. The number of benzene rings is 2. The van der Waals surface area contributed by atoms with Crippen LogP contribution in [0.4, 0.5) is 22.7 Å². The maximum absolute atomic E-state index is 11.6. The van der Waals surface area contributed by atoms with Gasteiger partial charge < -0.3 is 19.5 Å². The molecule has 0 aliphatic rings. The van der Waals surface area contributed by atoms with Gasteiger partial charge in [-0.15, -0.1) is 10.2 Å². The maximum atomic E-state index is 11.6. The molecule has 2 aromatic rings. The third kappa shape index (κ3) is 6.73. The van der Waals surface area contributed by atoms with Crippen molar-refractivity contribution in [2.75, 3.05) is 31.7 Å². The summed E-state index contributed by atoms with van der Waals surface area (Å²) < 4.78 is 10.5. The van der Waals surface area contributed by atoms with Crippen molar-refractivity contribution in [2.45, 2.75) is 33.3 Å². The second kappa shape index (κ2) is 12.9. The molecule has 0 aliphatic heterocycles. The Balaban J connectivity index is 2.33. The Morgan fingerprint density at radius 1 is 1.24 bits per heavy atom. The minimum Gasteiger partial charge on any atom is -0.495 e. The zero-order valence-corrected chi connectivity index (χ0v) is 19.4. The second-order valence-corrected chi connectivity index (χ2v) is 7.07. The average molecular weight is 469 g/mol. The van der Waals surface area contributed by atoms with E-state index < -0.39 is 4.92 Å². The van der Waals surface area contributed by atoms with Gasteiger partial charge in [-0.3, -0.25) is 14.9 Å². The summed E-state index contributed by atoms with van der Waals surface area (Å²) in [6.07, 6.45) is 0.880. The van der Waals surface area contributed by atoms with E-state index in [1.54, 1.807) is 19.1 Å². The molecule has 2 rings (SSSR count). The second-order valence-electron chi connectivity index (χ2n) is 7.07. The summed E-state index contributed by atoms with van der Waals surface area (Å²) >= 11 is 0. The monoisotopic (exact) mass is 469 g/mol. The van der Waals surface area contributed by atoms with Crippen LogP contribution in [0.25, 0.3) is 0 Å². The van der Waals surface area contributed by atoms with Crippen LogP contribution in [0.2, 0.25) is 0 Å². The Labute approximate surface area is 197 Å². The number of azo groups is 1. The molecule has 34 heavy (non-hydrogen) atoms. The molecule has 2 aromatic carbocycles. The van der Waals surface area contributed by atoms with E-state index in [0.717, 1.165) is 11.8 Å². The predicted octanol–water partition coefficient (Wildman–Crippen LogP) is 4.55. The molecule has 1 N–H and O–H groups in total. The van der Waals surface area contributed by atoms with Gasteiger partial charge in [-0.2, -0.15) is 5.26 Å². The number of aliphatic hydroxyl groups is 1. The molecular formula is C23H27N5O6. The Morgan fingerprint density at radius 3 is 2.56 bits per heavy atom.